The van der Waals surface area contributed by atoms with E-state index in [0.29, 0.717) is 0 Å². The normalized spacial score (nSPS) is 33.9. The number of nitrogens with zero attached hydrogens (tertiary/aromatic N) is 4. The molecule has 0 unspecified atom stereocenters. The summed E-state index contributed by atoms with van der Waals surface area (Å²) in [6.07, 6.45) is -3.61. The van der Waals surface area contributed by atoms with Gasteiger partial charge < -0.3 is 26.4 Å². The third-order valence-corrected chi connectivity index (χ3v) is 3.22. The Kier molecular flexibility index (Phi) is 2.58. The second kappa shape index (κ2) is 3.98. The maximum Gasteiger partial charge on any atom is 0.224 e. The molecular weight excluding hydrogens is 271 g/mol. The van der Waals surface area contributed by atoms with E-state index in [4.69, 9.17) is 16.2 Å². The van der Waals surface area contributed by atoms with Gasteiger partial charge in [0.1, 0.15) is 11.6 Å². The van der Waals surface area contributed by atoms with E-state index in [-0.39, 0.29) is 22.9 Å². The lowest BCUT2D eigenvalue weighted by Crippen LogP contribution is -2.38. The molecule has 0 aromatic carbocycles. The van der Waals surface area contributed by atoms with Crippen molar-refractivity contribution < 1.29 is 19.3 Å². The molecular formula is C10H13FN6O3. The second-order valence-corrected chi connectivity index (χ2v) is 4.74. The fourth-order valence-corrected chi connectivity index (χ4v) is 2.18. The van der Waals surface area contributed by atoms with Gasteiger partial charge in [-0.15, -0.1) is 0 Å². The van der Waals surface area contributed by atoms with Crippen molar-refractivity contribution in [1.29, 1.82) is 0 Å². The molecule has 10 heteroatoms. The van der Waals surface area contributed by atoms with Crippen molar-refractivity contribution in [3.8, 4) is 0 Å². The van der Waals surface area contributed by atoms with Gasteiger partial charge in [-0.3, -0.25) is 4.57 Å². The van der Waals surface area contributed by atoms with Crippen LogP contribution >= 0.6 is 0 Å². The van der Waals surface area contributed by atoms with E-state index in [9.17, 15) is 14.6 Å². The number of hydrogen-bond acceptors (Lipinski definition) is 8. The predicted molar refractivity (Wildman–Crippen MR) is 65.8 cm³/mol. The van der Waals surface area contributed by atoms with Crippen LogP contribution in [0.15, 0.2) is 6.33 Å². The second-order valence-electron chi connectivity index (χ2n) is 4.74. The zero-order valence-electron chi connectivity index (χ0n) is 10.4. The average molecular weight is 284 g/mol. The van der Waals surface area contributed by atoms with Gasteiger partial charge in [-0.05, 0) is 6.92 Å². The highest BCUT2D eigenvalue weighted by Crippen LogP contribution is 2.38. The first-order chi connectivity index (χ1) is 9.31. The van der Waals surface area contributed by atoms with E-state index >= 15 is 0 Å². The van der Waals surface area contributed by atoms with Crippen LogP contribution < -0.4 is 11.5 Å². The molecule has 3 rings (SSSR count). The summed E-state index contributed by atoms with van der Waals surface area (Å²) < 4.78 is 20.4. The summed E-state index contributed by atoms with van der Waals surface area (Å²) in [4.78, 5) is 11.6. The molecule has 0 bridgehead atoms. The van der Waals surface area contributed by atoms with E-state index in [0.717, 1.165) is 0 Å². The Labute approximate surface area is 112 Å². The van der Waals surface area contributed by atoms with E-state index in [1.807, 2.05) is 0 Å². The topological polar surface area (TPSA) is 145 Å². The van der Waals surface area contributed by atoms with Crippen molar-refractivity contribution in [3.05, 3.63) is 6.33 Å². The number of aliphatic hydroxyl groups excluding tert-OH is 1. The zero-order chi connectivity index (χ0) is 14.7. The maximum atomic E-state index is 14.1. The molecule has 0 aliphatic carbocycles. The first-order valence-corrected chi connectivity index (χ1v) is 5.79. The van der Waals surface area contributed by atoms with Gasteiger partial charge in [-0.2, -0.15) is 9.97 Å². The summed E-state index contributed by atoms with van der Waals surface area (Å²) in [5.41, 5.74) is 11.5. The van der Waals surface area contributed by atoms with E-state index in [1.54, 1.807) is 0 Å². The van der Waals surface area contributed by atoms with Crippen molar-refractivity contribution in [1.82, 2.24) is 19.5 Å². The van der Waals surface area contributed by atoms with Gasteiger partial charge in [0.05, 0.1) is 6.33 Å². The Hall–Kier alpha value is -2.04. The molecule has 0 radical (unpaired) electrons. The third kappa shape index (κ3) is 1.69. The molecule has 2 aromatic heterocycles. The number of imidazole rings is 1. The largest absolute Gasteiger partial charge is 0.384 e. The van der Waals surface area contributed by atoms with Crippen molar-refractivity contribution in [2.75, 3.05) is 11.5 Å². The molecule has 6 N–H and O–H groups in total. The summed E-state index contributed by atoms with van der Waals surface area (Å²) >= 11 is 0. The molecule has 0 amide bonds. The van der Waals surface area contributed by atoms with Gasteiger partial charge in [0, 0.05) is 0 Å². The van der Waals surface area contributed by atoms with Crippen LogP contribution in [0.3, 0.4) is 0 Å². The minimum Gasteiger partial charge on any atom is -0.384 e. The monoisotopic (exact) mass is 284 g/mol. The molecule has 9 nitrogen and oxygen atoms in total. The van der Waals surface area contributed by atoms with E-state index in [2.05, 4.69) is 15.0 Å². The number of hydrogen-bond donors (Lipinski definition) is 4. The SMILES string of the molecule is C[C@]1(O)O[C@@H](n2cnc3c(N)nc(N)nc32)[C@H](F)[C@@H]1O. The quantitative estimate of drug-likeness (QED) is 0.517. The molecule has 2 aromatic rings. The van der Waals surface area contributed by atoms with Crippen LogP contribution in [0.2, 0.25) is 0 Å². The summed E-state index contributed by atoms with van der Waals surface area (Å²) in [5, 5.41) is 19.4. The number of fused-ring (bicyclic) bond motifs is 1. The number of halogens is 1. The third-order valence-electron chi connectivity index (χ3n) is 3.22. The number of anilines is 2. The van der Waals surface area contributed by atoms with Crippen molar-refractivity contribution >= 4 is 22.9 Å². The van der Waals surface area contributed by atoms with Gasteiger partial charge in [0.25, 0.3) is 0 Å². The Morgan fingerprint density at radius 2 is 2.15 bits per heavy atom. The highest BCUT2D eigenvalue weighted by molar-refractivity contribution is 5.82. The van der Waals surface area contributed by atoms with E-state index in [1.165, 1.54) is 17.8 Å². The average Bonchev–Trinajstić information content (AvgIpc) is 2.85. The number of ether oxygens (including phenoxy) is 1. The van der Waals surface area contributed by atoms with Crippen LogP contribution in [0.1, 0.15) is 13.2 Å². The molecule has 20 heavy (non-hydrogen) atoms. The van der Waals surface area contributed by atoms with Crippen LogP contribution in [0.5, 0.6) is 0 Å². The molecule has 0 saturated carbocycles. The lowest BCUT2D eigenvalue weighted by atomic mass is 10.1. The summed E-state index contributed by atoms with van der Waals surface area (Å²) in [6.45, 7) is 1.17. The maximum absolute atomic E-state index is 14.1. The number of rotatable bonds is 1. The Balaban J connectivity index is 2.12. The summed E-state index contributed by atoms with van der Waals surface area (Å²) in [7, 11) is 0. The first-order valence-electron chi connectivity index (χ1n) is 5.79. The van der Waals surface area contributed by atoms with Crippen molar-refractivity contribution in [2.45, 2.75) is 31.2 Å². The molecule has 1 aliphatic heterocycles. The Morgan fingerprint density at radius 1 is 1.45 bits per heavy atom. The highest BCUT2D eigenvalue weighted by Gasteiger charge is 2.52. The molecule has 1 aliphatic rings. The standard InChI is InChI=1S/C10H13FN6O3/c1-10(19)5(18)3(11)8(20-10)17-2-14-4-6(12)15-9(13)16-7(4)17/h2-3,5,8,18-19H,1H3,(H4,12,13,15,16)/t3-,5+,8-,10+/m1/s1. The molecule has 108 valence electrons. The van der Waals surface area contributed by atoms with Gasteiger partial charge in [0.15, 0.2) is 29.7 Å². The van der Waals surface area contributed by atoms with E-state index < -0.39 is 24.3 Å². The van der Waals surface area contributed by atoms with Crippen molar-refractivity contribution in [2.24, 2.45) is 0 Å². The molecule has 4 atom stereocenters. The predicted octanol–water partition coefficient (Wildman–Crippen LogP) is -1.07. The van der Waals surface area contributed by atoms with Gasteiger partial charge in [0.2, 0.25) is 5.95 Å². The minimum absolute atomic E-state index is 0.0481. The summed E-state index contributed by atoms with van der Waals surface area (Å²) in [5.74, 6) is -2.06. The van der Waals surface area contributed by atoms with Crippen LogP contribution in [-0.2, 0) is 4.74 Å². The molecule has 1 saturated heterocycles. The van der Waals surface area contributed by atoms with Crippen LogP contribution in [0.25, 0.3) is 11.2 Å². The van der Waals surface area contributed by atoms with Crippen LogP contribution in [0, 0.1) is 0 Å². The molecule has 1 fully saturated rings. The first kappa shape index (κ1) is 13.0. The molecule has 0 spiro atoms. The highest BCUT2D eigenvalue weighted by atomic mass is 19.1. The number of nitrogen functional groups attached to an aromatic ring is 2. The van der Waals surface area contributed by atoms with Crippen molar-refractivity contribution in [3.63, 3.8) is 0 Å². The smallest absolute Gasteiger partial charge is 0.224 e. The van der Waals surface area contributed by atoms with Crippen LogP contribution in [-0.4, -0.2) is 47.8 Å². The number of aliphatic hydroxyl groups is 2. The lowest BCUT2D eigenvalue weighted by Gasteiger charge is -2.19. The number of nitrogens with two attached hydrogens (primary N) is 2. The number of aromatic nitrogens is 4. The zero-order valence-corrected chi connectivity index (χ0v) is 10.4. The number of alkyl halides is 1. The summed E-state index contributed by atoms with van der Waals surface area (Å²) in [6, 6.07) is 0. The van der Waals surface area contributed by atoms with Gasteiger partial charge in [-0.25, -0.2) is 9.37 Å². The van der Waals surface area contributed by atoms with Gasteiger partial charge in [-0.1, -0.05) is 0 Å². The molecule has 3 heterocycles. The Morgan fingerprint density at radius 3 is 2.75 bits per heavy atom. The lowest BCUT2D eigenvalue weighted by molar-refractivity contribution is -0.224. The van der Waals surface area contributed by atoms with Gasteiger partial charge >= 0.3 is 0 Å². The fraction of sp³-hybridized carbons (Fsp3) is 0.500. The Bertz CT molecular complexity index is 674. The van der Waals surface area contributed by atoms with Crippen LogP contribution in [0.4, 0.5) is 16.2 Å². The minimum atomic E-state index is -2.01. The fourth-order valence-electron chi connectivity index (χ4n) is 2.18.